The minimum atomic E-state index is 0.181. The van der Waals surface area contributed by atoms with Crippen molar-refractivity contribution in [2.75, 3.05) is 45.9 Å². The first-order valence-electron chi connectivity index (χ1n) is 9.10. The topological polar surface area (TPSA) is 54.0 Å². The number of amides is 1. The van der Waals surface area contributed by atoms with E-state index in [0.29, 0.717) is 19.1 Å². The molecule has 4 unspecified atom stereocenters. The van der Waals surface area contributed by atoms with Crippen LogP contribution in [0.2, 0.25) is 0 Å². The zero-order valence-corrected chi connectivity index (χ0v) is 14.5. The number of carbonyl (C=O) groups is 1. The zero-order chi connectivity index (χ0) is 16.2. The fourth-order valence-electron chi connectivity index (χ4n) is 4.16. The summed E-state index contributed by atoms with van der Waals surface area (Å²) >= 11 is 0. The molecule has 3 heterocycles. The van der Waals surface area contributed by atoms with E-state index in [1.807, 2.05) is 0 Å². The Kier molecular flexibility index (Phi) is 5.91. The standard InChI is InChI=1S/C17H31N3O3/c1-13-9-19(10-14(2)23-13)11-16-4-3-6-20(16)17(21)8-15-12-22-7-5-18-15/h13-16,18H,3-12H2,1-2H3. The van der Waals surface area contributed by atoms with Crippen molar-refractivity contribution in [1.82, 2.24) is 15.1 Å². The third kappa shape index (κ3) is 4.66. The zero-order valence-electron chi connectivity index (χ0n) is 14.5. The molecule has 0 aromatic heterocycles. The number of nitrogens with one attached hydrogen (secondary N) is 1. The highest BCUT2D eigenvalue weighted by atomic mass is 16.5. The predicted octanol–water partition coefficient (Wildman–Crippen LogP) is 0.465. The molecule has 0 aromatic rings. The molecular weight excluding hydrogens is 294 g/mol. The number of ether oxygens (including phenoxy) is 2. The number of likely N-dealkylation sites (tertiary alicyclic amines) is 1. The molecule has 6 heteroatoms. The molecule has 3 aliphatic heterocycles. The molecule has 0 bridgehead atoms. The first kappa shape index (κ1) is 17.1. The smallest absolute Gasteiger partial charge is 0.224 e. The van der Waals surface area contributed by atoms with Gasteiger partial charge in [0.05, 0.1) is 25.4 Å². The van der Waals surface area contributed by atoms with Crippen LogP contribution in [0.25, 0.3) is 0 Å². The average Bonchev–Trinajstić information content (AvgIpc) is 2.95. The molecule has 6 nitrogen and oxygen atoms in total. The van der Waals surface area contributed by atoms with E-state index in [2.05, 4.69) is 29.0 Å². The fourth-order valence-corrected chi connectivity index (χ4v) is 4.16. The summed E-state index contributed by atoms with van der Waals surface area (Å²) in [6.45, 7) is 10.4. The van der Waals surface area contributed by atoms with Crippen LogP contribution in [0.5, 0.6) is 0 Å². The van der Waals surface area contributed by atoms with E-state index in [1.165, 1.54) is 0 Å². The number of nitrogens with zero attached hydrogens (tertiary/aromatic N) is 2. The molecule has 3 aliphatic rings. The molecule has 1 amide bonds. The molecule has 3 rings (SSSR count). The van der Waals surface area contributed by atoms with E-state index >= 15 is 0 Å². The molecule has 132 valence electrons. The first-order chi connectivity index (χ1) is 11.1. The lowest BCUT2D eigenvalue weighted by atomic mass is 10.1. The summed E-state index contributed by atoms with van der Waals surface area (Å²) in [6.07, 6.45) is 3.38. The third-order valence-electron chi connectivity index (χ3n) is 5.08. The van der Waals surface area contributed by atoms with Crippen LogP contribution in [0.3, 0.4) is 0 Å². The maximum absolute atomic E-state index is 12.7. The molecule has 4 atom stereocenters. The SMILES string of the molecule is CC1CN(CC2CCCN2C(=O)CC2COCCN2)CC(C)O1. The Labute approximate surface area is 139 Å². The van der Waals surface area contributed by atoms with Gasteiger partial charge in [0, 0.05) is 51.2 Å². The molecule has 0 radical (unpaired) electrons. The van der Waals surface area contributed by atoms with Gasteiger partial charge in [-0.05, 0) is 26.7 Å². The second kappa shape index (κ2) is 7.92. The summed E-state index contributed by atoms with van der Waals surface area (Å²) in [5, 5.41) is 3.38. The van der Waals surface area contributed by atoms with Gasteiger partial charge in [-0.25, -0.2) is 0 Å². The van der Waals surface area contributed by atoms with Crippen molar-refractivity contribution in [3.8, 4) is 0 Å². The van der Waals surface area contributed by atoms with Gasteiger partial charge in [0.1, 0.15) is 0 Å². The van der Waals surface area contributed by atoms with Gasteiger partial charge < -0.3 is 19.7 Å². The molecule has 0 spiro atoms. The van der Waals surface area contributed by atoms with E-state index < -0.39 is 0 Å². The summed E-state index contributed by atoms with van der Waals surface area (Å²) < 4.78 is 11.3. The summed E-state index contributed by atoms with van der Waals surface area (Å²) in [7, 11) is 0. The lowest BCUT2D eigenvalue weighted by molar-refractivity contribution is -0.134. The van der Waals surface area contributed by atoms with Gasteiger partial charge in [0.15, 0.2) is 0 Å². The van der Waals surface area contributed by atoms with E-state index in [9.17, 15) is 4.79 Å². The normalized spacial score (nSPS) is 36.3. The average molecular weight is 325 g/mol. The Morgan fingerprint density at radius 1 is 1.26 bits per heavy atom. The van der Waals surface area contributed by atoms with E-state index in [1.54, 1.807) is 0 Å². The second-order valence-electron chi connectivity index (χ2n) is 7.29. The van der Waals surface area contributed by atoms with Gasteiger partial charge in [-0.15, -0.1) is 0 Å². The molecule has 0 saturated carbocycles. The van der Waals surface area contributed by atoms with Crippen molar-refractivity contribution in [2.24, 2.45) is 0 Å². The number of carbonyl (C=O) groups excluding carboxylic acids is 1. The van der Waals surface area contributed by atoms with Crippen LogP contribution in [0, 0.1) is 0 Å². The second-order valence-corrected chi connectivity index (χ2v) is 7.29. The predicted molar refractivity (Wildman–Crippen MR) is 88.4 cm³/mol. The Bertz CT molecular complexity index is 391. The number of morpholine rings is 2. The lowest BCUT2D eigenvalue weighted by Crippen LogP contribution is -2.52. The van der Waals surface area contributed by atoms with E-state index in [0.717, 1.165) is 52.2 Å². The Hall–Kier alpha value is -0.690. The number of rotatable bonds is 4. The highest BCUT2D eigenvalue weighted by Crippen LogP contribution is 2.22. The van der Waals surface area contributed by atoms with Crippen molar-refractivity contribution in [3.05, 3.63) is 0 Å². The van der Waals surface area contributed by atoms with Crippen LogP contribution in [0.4, 0.5) is 0 Å². The number of hydrogen-bond acceptors (Lipinski definition) is 5. The molecule has 3 fully saturated rings. The Morgan fingerprint density at radius 2 is 2.04 bits per heavy atom. The van der Waals surface area contributed by atoms with Crippen molar-refractivity contribution in [3.63, 3.8) is 0 Å². The van der Waals surface area contributed by atoms with Crippen LogP contribution in [-0.4, -0.2) is 85.9 Å². The van der Waals surface area contributed by atoms with Crippen molar-refractivity contribution in [1.29, 1.82) is 0 Å². The van der Waals surface area contributed by atoms with Crippen LogP contribution in [-0.2, 0) is 14.3 Å². The van der Waals surface area contributed by atoms with Gasteiger partial charge in [-0.1, -0.05) is 0 Å². The van der Waals surface area contributed by atoms with Crippen molar-refractivity contribution in [2.45, 2.75) is 57.4 Å². The molecule has 23 heavy (non-hydrogen) atoms. The molecule has 1 N–H and O–H groups in total. The van der Waals surface area contributed by atoms with Gasteiger partial charge in [-0.2, -0.15) is 0 Å². The minimum Gasteiger partial charge on any atom is -0.378 e. The summed E-state index contributed by atoms with van der Waals surface area (Å²) in [5.41, 5.74) is 0. The number of hydrogen-bond donors (Lipinski definition) is 1. The molecular formula is C17H31N3O3. The maximum Gasteiger partial charge on any atom is 0.224 e. The third-order valence-corrected chi connectivity index (χ3v) is 5.08. The largest absolute Gasteiger partial charge is 0.378 e. The van der Waals surface area contributed by atoms with Gasteiger partial charge >= 0.3 is 0 Å². The quantitative estimate of drug-likeness (QED) is 0.814. The Morgan fingerprint density at radius 3 is 2.74 bits per heavy atom. The lowest BCUT2D eigenvalue weighted by Gasteiger charge is -2.38. The van der Waals surface area contributed by atoms with Gasteiger partial charge in [0.25, 0.3) is 0 Å². The summed E-state index contributed by atoms with van der Waals surface area (Å²) in [5.74, 6) is 0.282. The molecule has 0 aromatic carbocycles. The first-order valence-corrected chi connectivity index (χ1v) is 9.10. The molecule has 0 aliphatic carbocycles. The van der Waals surface area contributed by atoms with Gasteiger partial charge in [0.2, 0.25) is 5.91 Å². The fraction of sp³-hybridized carbons (Fsp3) is 0.941. The molecule has 3 saturated heterocycles. The monoisotopic (exact) mass is 325 g/mol. The van der Waals surface area contributed by atoms with Crippen molar-refractivity contribution >= 4 is 5.91 Å². The van der Waals surface area contributed by atoms with Crippen LogP contribution >= 0.6 is 0 Å². The van der Waals surface area contributed by atoms with E-state index in [4.69, 9.17) is 9.47 Å². The highest BCUT2D eigenvalue weighted by Gasteiger charge is 2.33. The minimum absolute atomic E-state index is 0.181. The Balaban J connectivity index is 1.51. The van der Waals surface area contributed by atoms with Crippen LogP contribution < -0.4 is 5.32 Å². The highest BCUT2D eigenvalue weighted by molar-refractivity contribution is 5.77. The van der Waals surface area contributed by atoms with Gasteiger partial charge in [-0.3, -0.25) is 9.69 Å². The summed E-state index contributed by atoms with van der Waals surface area (Å²) in [4.78, 5) is 17.3. The maximum atomic E-state index is 12.7. The summed E-state index contributed by atoms with van der Waals surface area (Å²) in [6, 6.07) is 0.547. The van der Waals surface area contributed by atoms with Crippen LogP contribution in [0.15, 0.2) is 0 Å². The van der Waals surface area contributed by atoms with Crippen LogP contribution in [0.1, 0.15) is 33.1 Å². The van der Waals surface area contributed by atoms with E-state index in [-0.39, 0.29) is 24.2 Å². The van der Waals surface area contributed by atoms with Crippen molar-refractivity contribution < 1.29 is 14.3 Å².